The van der Waals surface area contributed by atoms with E-state index < -0.39 is 0 Å². The predicted molar refractivity (Wildman–Crippen MR) is 86.2 cm³/mol. The van der Waals surface area contributed by atoms with Gasteiger partial charge >= 0.3 is 0 Å². The summed E-state index contributed by atoms with van der Waals surface area (Å²) in [6.07, 6.45) is 10.2. The summed E-state index contributed by atoms with van der Waals surface area (Å²) >= 11 is 0. The number of aromatic nitrogens is 6. The third-order valence-electron chi connectivity index (χ3n) is 3.46. The van der Waals surface area contributed by atoms with Gasteiger partial charge in [-0.15, -0.1) is 0 Å². The zero-order valence-electron chi connectivity index (χ0n) is 12.5. The van der Waals surface area contributed by atoms with Crippen molar-refractivity contribution in [3.8, 4) is 11.4 Å². The molecule has 4 aromatic heterocycles. The molecule has 0 saturated carbocycles. The average Bonchev–Trinajstić information content (AvgIpc) is 3.33. The standard InChI is InChI=1S/C17H12N6O/c24-17(15-5-9-22(20-15)13-3-1-7-18-11-13)16-6-10-23(21-16)14-4-2-8-19-12-14/h1-12H. The summed E-state index contributed by atoms with van der Waals surface area (Å²) in [5.41, 5.74) is 2.24. The van der Waals surface area contributed by atoms with Gasteiger partial charge in [0.25, 0.3) is 0 Å². The summed E-state index contributed by atoms with van der Waals surface area (Å²) in [5, 5.41) is 8.61. The molecule has 0 aliphatic heterocycles. The molecule has 24 heavy (non-hydrogen) atoms. The molecule has 0 aliphatic carbocycles. The first-order valence-electron chi connectivity index (χ1n) is 7.28. The first-order valence-corrected chi connectivity index (χ1v) is 7.28. The quantitative estimate of drug-likeness (QED) is 0.539. The zero-order valence-corrected chi connectivity index (χ0v) is 12.5. The first kappa shape index (κ1) is 14.0. The monoisotopic (exact) mass is 316 g/mol. The van der Waals surface area contributed by atoms with Crippen molar-refractivity contribution in [2.45, 2.75) is 0 Å². The van der Waals surface area contributed by atoms with Crippen LogP contribution in [-0.4, -0.2) is 35.3 Å². The van der Waals surface area contributed by atoms with Crippen molar-refractivity contribution in [3.05, 3.63) is 85.0 Å². The highest BCUT2D eigenvalue weighted by Gasteiger charge is 2.16. The molecule has 0 bridgehead atoms. The summed E-state index contributed by atoms with van der Waals surface area (Å²) < 4.78 is 3.22. The number of hydrogen-bond donors (Lipinski definition) is 0. The number of rotatable bonds is 4. The lowest BCUT2D eigenvalue weighted by molar-refractivity contribution is 0.102. The number of carbonyl (C=O) groups is 1. The molecule has 4 heterocycles. The van der Waals surface area contributed by atoms with E-state index in [9.17, 15) is 4.79 Å². The van der Waals surface area contributed by atoms with Crippen molar-refractivity contribution in [1.29, 1.82) is 0 Å². The van der Waals surface area contributed by atoms with Crippen molar-refractivity contribution >= 4 is 5.78 Å². The maximum atomic E-state index is 12.6. The lowest BCUT2D eigenvalue weighted by Gasteiger charge is -1.99. The number of carbonyl (C=O) groups excluding carboxylic acids is 1. The molecule has 0 spiro atoms. The van der Waals surface area contributed by atoms with Crippen LogP contribution in [0.15, 0.2) is 73.6 Å². The van der Waals surface area contributed by atoms with Crippen molar-refractivity contribution in [3.63, 3.8) is 0 Å². The first-order chi connectivity index (χ1) is 11.8. The smallest absolute Gasteiger partial charge is 0.233 e. The minimum absolute atomic E-state index is 0.236. The van der Waals surface area contributed by atoms with Gasteiger partial charge in [-0.1, -0.05) is 0 Å². The Labute approximate surface area is 137 Å². The van der Waals surface area contributed by atoms with Gasteiger partial charge in [0.1, 0.15) is 11.4 Å². The topological polar surface area (TPSA) is 78.5 Å². The average molecular weight is 316 g/mol. The van der Waals surface area contributed by atoms with E-state index in [-0.39, 0.29) is 5.78 Å². The zero-order chi connectivity index (χ0) is 16.4. The summed E-state index contributed by atoms with van der Waals surface area (Å²) in [5.74, 6) is -0.236. The Morgan fingerprint density at radius 2 is 1.25 bits per heavy atom. The minimum Gasteiger partial charge on any atom is -0.285 e. The van der Waals surface area contributed by atoms with E-state index >= 15 is 0 Å². The number of nitrogens with zero attached hydrogens (tertiary/aromatic N) is 6. The van der Waals surface area contributed by atoms with Gasteiger partial charge in [0, 0.05) is 24.8 Å². The van der Waals surface area contributed by atoms with E-state index in [0.717, 1.165) is 11.4 Å². The van der Waals surface area contributed by atoms with Crippen LogP contribution in [0.2, 0.25) is 0 Å². The largest absolute Gasteiger partial charge is 0.285 e. The Kier molecular flexibility index (Phi) is 3.43. The fraction of sp³-hybridized carbons (Fsp3) is 0. The summed E-state index contributed by atoms with van der Waals surface area (Å²) in [6, 6.07) is 10.7. The van der Waals surface area contributed by atoms with Crippen LogP contribution in [0.1, 0.15) is 16.2 Å². The third-order valence-corrected chi connectivity index (χ3v) is 3.46. The second-order valence-corrected chi connectivity index (χ2v) is 5.04. The molecule has 0 radical (unpaired) electrons. The van der Waals surface area contributed by atoms with Gasteiger partial charge in [0.05, 0.1) is 23.8 Å². The molecule has 7 nitrogen and oxygen atoms in total. The molecule has 0 aliphatic rings. The molecule has 0 N–H and O–H groups in total. The summed E-state index contributed by atoms with van der Waals surface area (Å²) in [7, 11) is 0. The maximum absolute atomic E-state index is 12.6. The van der Waals surface area contributed by atoms with E-state index in [2.05, 4.69) is 20.2 Å². The second kappa shape index (κ2) is 5.88. The molecule has 116 valence electrons. The van der Waals surface area contributed by atoms with Gasteiger partial charge in [-0.25, -0.2) is 9.36 Å². The van der Waals surface area contributed by atoms with Crippen LogP contribution in [0.4, 0.5) is 0 Å². The highest BCUT2D eigenvalue weighted by atomic mass is 16.1. The normalized spacial score (nSPS) is 10.7. The molecule has 4 aromatic rings. The van der Waals surface area contributed by atoms with E-state index in [1.165, 1.54) is 0 Å². The Morgan fingerprint density at radius 3 is 1.67 bits per heavy atom. The number of ketones is 1. The Hall–Kier alpha value is -3.61. The van der Waals surface area contributed by atoms with E-state index in [1.54, 1.807) is 58.7 Å². The van der Waals surface area contributed by atoms with Gasteiger partial charge in [-0.3, -0.25) is 14.8 Å². The molecule has 4 rings (SSSR count). The van der Waals surface area contributed by atoms with E-state index in [0.29, 0.717) is 11.4 Å². The van der Waals surface area contributed by atoms with Crippen molar-refractivity contribution in [2.75, 3.05) is 0 Å². The number of hydrogen-bond acceptors (Lipinski definition) is 5. The fourth-order valence-corrected chi connectivity index (χ4v) is 2.29. The second-order valence-electron chi connectivity index (χ2n) is 5.04. The van der Waals surface area contributed by atoms with E-state index in [1.807, 2.05) is 24.3 Å². The highest BCUT2D eigenvalue weighted by Crippen LogP contribution is 2.11. The van der Waals surface area contributed by atoms with Crippen LogP contribution in [0.5, 0.6) is 0 Å². The van der Waals surface area contributed by atoms with Gasteiger partial charge in [-0.05, 0) is 36.4 Å². The lowest BCUT2D eigenvalue weighted by Crippen LogP contribution is -2.06. The lowest BCUT2D eigenvalue weighted by atomic mass is 10.2. The summed E-state index contributed by atoms with van der Waals surface area (Å²) in [4.78, 5) is 20.6. The summed E-state index contributed by atoms with van der Waals surface area (Å²) in [6.45, 7) is 0. The molecule has 7 heteroatoms. The van der Waals surface area contributed by atoms with Crippen molar-refractivity contribution < 1.29 is 4.79 Å². The van der Waals surface area contributed by atoms with Crippen LogP contribution in [0.25, 0.3) is 11.4 Å². The molecule has 0 saturated heterocycles. The van der Waals surface area contributed by atoms with Crippen LogP contribution in [0.3, 0.4) is 0 Å². The van der Waals surface area contributed by atoms with Gasteiger partial charge in [0.15, 0.2) is 0 Å². The molecule has 0 amide bonds. The third kappa shape index (κ3) is 2.58. The SMILES string of the molecule is O=C(c1ccn(-c2cccnc2)n1)c1ccn(-c2cccnc2)n1. The van der Waals surface area contributed by atoms with Crippen LogP contribution < -0.4 is 0 Å². The van der Waals surface area contributed by atoms with Gasteiger partial charge < -0.3 is 0 Å². The van der Waals surface area contributed by atoms with Crippen LogP contribution >= 0.6 is 0 Å². The highest BCUT2D eigenvalue weighted by molar-refractivity contribution is 6.06. The maximum Gasteiger partial charge on any atom is 0.233 e. The van der Waals surface area contributed by atoms with Crippen LogP contribution in [-0.2, 0) is 0 Å². The molecule has 0 unspecified atom stereocenters. The van der Waals surface area contributed by atoms with E-state index in [4.69, 9.17) is 0 Å². The Balaban J connectivity index is 1.61. The molecule has 0 aromatic carbocycles. The fourth-order valence-electron chi connectivity index (χ4n) is 2.29. The van der Waals surface area contributed by atoms with Gasteiger partial charge in [-0.2, -0.15) is 10.2 Å². The molecule has 0 atom stereocenters. The Morgan fingerprint density at radius 1 is 0.750 bits per heavy atom. The molecule has 0 fully saturated rings. The molecular formula is C17H12N6O. The van der Waals surface area contributed by atoms with Crippen LogP contribution in [0, 0.1) is 0 Å². The Bertz CT molecular complexity index is 895. The molecular weight excluding hydrogens is 304 g/mol. The predicted octanol–water partition coefficient (Wildman–Crippen LogP) is 2.08. The van der Waals surface area contributed by atoms with Crippen molar-refractivity contribution in [2.24, 2.45) is 0 Å². The minimum atomic E-state index is -0.236. The van der Waals surface area contributed by atoms with Crippen molar-refractivity contribution in [1.82, 2.24) is 29.5 Å². The number of pyridine rings is 2. The van der Waals surface area contributed by atoms with Gasteiger partial charge in [0.2, 0.25) is 5.78 Å².